The molecule has 2 aliphatic rings. The van der Waals surface area contributed by atoms with Crippen LogP contribution < -0.4 is 14.8 Å². The van der Waals surface area contributed by atoms with Crippen molar-refractivity contribution in [1.82, 2.24) is 0 Å². The Morgan fingerprint density at radius 1 is 1.19 bits per heavy atom. The Hall–Kier alpha value is -2.68. The average Bonchev–Trinajstić information content (AvgIpc) is 2.61. The summed E-state index contributed by atoms with van der Waals surface area (Å²) in [6, 6.07) is 8.48. The summed E-state index contributed by atoms with van der Waals surface area (Å²) >= 11 is 0. The molecule has 0 saturated heterocycles. The number of benzene rings is 2. The van der Waals surface area contributed by atoms with Gasteiger partial charge in [0.05, 0.1) is 18.2 Å². The number of methoxy groups -OCH3 is 1. The second-order valence-electron chi connectivity index (χ2n) is 8.04. The normalized spacial score (nSPS) is 18.9. The van der Waals surface area contributed by atoms with Crippen LogP contribution >= 0.6 is 0 Å². The first kappa shape index (κ1) is 17.7. The van der Waals surface area contributed by atoms with Crippen LogP contribution in [0.25, 0.3) is 16.7 Å². The van der Waals surface area contributed by atoms with Crippen LogP contribution in [0.5, 0.6) is 11.5 Å². The topological polar surface area (TPSA) is 30.5 Å². The van der Waals surface area contributed by atoms with Gasteiger partial charge in [0.1, 0.15) is 17.6 Å². The van der Waals surface area contributed by atoms with Crippen LogP contribution in [-0.4, -0.2) is 12.6 Å². The van der Waals surface area contributed by atoms with E-state index in [-0.39, 0.29) is 11.6 Å². The molecule has 0 saturated carbocycles. The fraction of sp³-hybridized carbons (Fsp3) is 0.333. The zero-order valence-electron chi connectivity index (χ0n) is 16.8. The minimum Gasteiger partial charge on any atom is -0.496 e. The molecule has 0 aliphatic carbocycles. The number of ether oxygens (including phenoxy) is 2. The van der Waals surface area contributed by atoms with Crippen molar-refractivity contribution in [3.63, 3.8) is 0 Å². The van der Waals surface area contributed by atoms with E-state index in [1.165, 1.54) is 22.3 Å². The number of rotatable bonds is 3. The van der Waals surface area contributed by atoms with Gasteiger partial charge in [-0.3, -0.25) is 0 Å². The maximum atomic E-state index is 6.53. The quantitative estimate of drug-likeness (QED) is 0.652. The number of anilines is 1. The monoisotopic (exact) mass is 361 g/mol. The predicted molar refractivity (Wildman–Crippen MR) is 113 cm³/mol. The zero-order chi connectivity index (χ0) is 19.3. The van der Waals surface area contributed by atoms with Crippen molar-refractivity contribution in [2.45, 2.75) is 45.8 Å². The molecule has 0 bridgehead atoms. The molecule has 140 valence electrons. The highest BCUT2D eigenvalue weighted by Gasteiger charge is 2.35. The van der Waals surface area contributed by atoms with Crippen LogP contribution in [-0.2, 0) is 0 Å². The largest absolute Gasteiger partial charge is 0.496 e. The van der Waals surface area contributed by atoms with Crippen molar-refractivity contribution >= 4 is 11.3 Å². The molecule has 4 rings (SSSR count). The van der Waals surface area contributed by atoms with Gasteiger partial charge in [0, 0.05) is 23.2 Å². The molecular formula is C24H27NO2. The minimum atomic E-state index is -0.0685. The minimum absolute atomic E-state index is 0.0582. The maximum absolute atomic E-state index is 6.53. The van der Waals surface area contributed by atoms with Crippen LogP contribution in [0.15, 0.2) is 43.0 Å². The number of aryl methyl sites for hydroxylation is 1. The van der Waals surface area contributed by atoms with Gasteiger partial charge in [0.15, 0.2) is 0 Å². The van der Waals surface area contributed by atoms with Crippen LogP contribution in [0.3, 0.4) is 0 Å². The molecule has 2 aromatic rings. The van der Waals surface area contributed by atoms with Gasteiger partial charge in [0.2, 0.25) is 0 Å². The van der Waals surface area contributed by atoms with Gasteiger partial charge in [-0.15, -0.1) is 6.58 Å². The van der Waals surface area contributed by atoms with Gasteiger partial charge in [0.25, 0.3) is 0 Å². The lowest BCUT2D eigenvalue weighted by Crippen LogP contribution is -2.32. The molecule has 1 N–H and O–H groups in total. The smallest absolute Gasteiger partial charge is 0.134 e. The van der Waals surface area contributed by atoms with E-state index in [0.717, 1.165) is 34.7 Å². The summed E-state index contributed by atoms with van der Waals surface area (Å²) < 4.78 is 12.2. The fourth-order valence-corrected chi connectivity index (χ4v) is 4.46. The van der Waals surface area contributed by atoms with E-state index in [4.69, 9.17) is 9.47 Å². The third kappa shape index (κ3) is 2.73. The number of fused-ring (bicyclic) bond motifs is 5. The van der Waals surface area contributed by atoms with Gasteiger partial charge in [-0.25, -0.2) is 0 Å². The molecule has 1 unspecified atom stereocenters. The summed E-state index contributed by atoms with van der Waals surface area (Å²) in [6.07, 6.45) is 4.94. The molecular weight excluding hydrogens is 334 g/mol. The summed E-state index contributed by atoms with van der Waals surface area (Å²) in [5.74, 6) is 1.76. The molecule has 0 fully saturated rings. The Morgan fingerprint density at radius 3 is 2.67 bits per heavy atom. The molecule has 0 amide bonds. The second kappa shape index (κ2) is 6.19. The summed E-state index contributed by atoms with van der Waals surface area (Å²) in [5.41, 5.74) is 8.19. The van der Waals surface area contributed by atoms with Crippen molar-refractivity contribution in [3.05, 3.63) is 59.7 Å². The molecule has 27 heavy (non-hydrogen) atoms. The van der Waals surface area contributed by atoms with Gasteiger partial charge in [-0.05, 0) is 56.5 Å². The highest BCUT2D eigenvalue weighted by atomic mass is 16.5. The third-order valence-electron chi connectivity index (χ3n) is 5.44. The first-order valence-electron chi connectivity index (χ1n) is 9.46. The van der Waals surface area contributed by atoms with Crippen molar-refractivity contribution in [2.24, 2.45) is 0 Å². The summed E-state index contributed by atoms with van der Waals surface area (Å²) in [5, 5.41) is 3.65. The summed E-state index contributed by atoms with van der Waals surface area (Å²) in [4.78, 5) is 0. The Bertz CT molecular complexity index is 969. The lowest BCUT2D eigenvalue weighted by Gasteiger charge is -2.37. The van der Waals surface area contributed by atoms with Gasteiger partial charge >= 0.3 is 0 Å². The molecule has 2 heterocycles. The molecule has 0 spiro atoms. The SMILES string of the molecule is C=CCC1Oc2c(C)ccc(OC)c2-c2ccc3c(c21)C(C)=CC(C)(C)N3. The molecule has 0 aromatic heterocycles. The number of hydrogen-bond acceptors (Lipinski definition) is 3. The van der Waals surface area contributed by atoms with Gasteiger partial charge in [-0.2, -0.15) is 0 Å². The zero-order valence-corrected chi connectivity index (χ0v) is 16.8. The lowest BCUT2D eigenvalue weighted by atomic mass is 9.81. The first-order chi connectivity index (χ1) is 12.9. The van der Waals surface area contributed by atoms with E-state index in [1.807, 2.05) is 12.1 Å². The predicted octanol–water partition coefficient (Wildman–Crippen LogP) is 6.29. The fourth-order valence-electron chi connectivity index (χ4n) is 4.46. The van der Waals surface area contributed by atoms with Crippen LogP contribution in [0.2, 0.25) is 0 Å². The standard InChI is InChI=1S/C24H27NO2/c1-7-8-19-21-16(22-18(26-6)12-9-14(2)23(22)27-19)10-11-17-20(21)15(3)13-24(4,5)25-17/h7,9-13,19,25H,1,8H2,2-6H3. The van der Waals surface area contributed by atoms with E-state index in [9.17, 15) is 0 Å². The van der Waals surface area contributed by atoms with Crippen molar-refractivity contribution in [1.29, 1.82) is 0 Å². The molecule has 3 nitrogen and oxygen atoms in total. The third-order valence-corrected chi connectivity index (χ3v) is 5.44. The van der Waals surface area contributed by atoms with E-state index in [0.29, 0.717) is 0 Å². The Labute approximate surface area is 161 Å². The molecule has 1 atom stereocenters. The second-order valence-corrected chi connectivity index (χ2v) is 8.04. The number of hydrogen-bond donors (Lipinski definition) is 1. The Morgan fingerprint density at radius 2 is 1.96 bits per heavy atom. The van der Waals surface area contributed by atoms with E-state index in [2.05, 4.69) is 63.9 Å². The number of allylic oxidation sites excluding steroid dienone is 1. The number of nitrogens with one attached hydrogen (secondary N) is 1. The average molecular weight is 361 g/mol. The van der Waals surface area contributed by atoms with Crippen molar-refractivity contribution in [3.8, 4) is 22.6 Å². The van der Waals surface area contributed by atoms with Gasteiger partial charge in [-0.1, -0.05) is 24.3 Å². The van der Waals surface area contributed by atoms with E-state index in [1.54, 1.807) is 7.11 Å². The van der Waals surface area contributed by atoms with Crippen LogP contribution in [0.4, 0.5) is 5.69 Å². The van der Waals surface area contributed by atoms with E-state index >= 15 is 0 Å². The molecule has 0 radical (unpaired) electrons. The Balaban J connectivity index is 2.05. The summed E-state index contributed by atoms with van der Waals surface area (Å²) in [6.45, 7) is 12.6. The molecule has 3 heteroatoms. The molecule has 2 aromatic carbocycles. The highest BCUT2D eigenvalue weighted by molar-refractivity contribution is 5.91. The van der Waals surface area contributed by atoms with Crippen molar-refractivity contribution < 1.29 is 9.47 Å². The van der Waals surface area contributed by atoms with Crippen molar-refractivity contribution in [2.75, 3.05) is 12.4 Å². The lowest BCUT2D eigenvalue weighted by molar-refractivity contribution is 0.203. The maximum Gasteiger partial charge on any atom is 0.134 e. The van der Waals surface area contributed by atoms with Gasteiger partial charge < -0.3 is 14.8 Å². The van der Waals surface area contributed by atoms with Crippen LogP contribution in [0, 0.1) is 6.92 Å². The highest BCUT2D eigenvalue weighted by Crippen LogP contribution is 2.53. The van der Waals surface area contributed by atoms with Crippen LogP contribution in [0.1, 0.15) is 50.0 Å². The summed E-state index contributed by atoms with van der Waals surface area (Å²) in [7, 11) is 1.72. The van der Waals surface area contributed by atoms with E-state index < -0.39 is 0 Å². The molecule has 2 aliphatic heterocycles. The first-order valence-corrected chi connectivity index (χ1v) is 9.46. The Kier molecular flexibility index (Phi) is 4.06.